The molecule has 1 aromatic rings. The number of thioether (sulfide) groups is 1. The van der Waals surface area contributed by atoms with E-state index in [1.54, 1.807) is 24.3 Å². The van der Waals surface area contributed by atoms with Crippen LogP contribution in [0.25, 0.3) is 0 Å². The summed E-state index contributed by atoms with van der Waals surface area (Å²) in [5, 5.41) is 26.2. The van der Waals surface area contributed by atoms with E-state index >= 15 is 0 Å². The molecule has 0 heterocycles. The molecule has 3 nitrogen and oxygen atoms in total. The molecule has 0 spiro atoms. The van der Waals surface area contributed by atoms with Crippen LogP contribution in [0, 0.1) is 0 Å². The standard InChI is InChI=1S/C8H11BO3S/c10-5-6-13-8-3-1-7(2-4-8)9(11)12/h1-4,10-12H,5-6H2. The lowest BCUT2D eigenvalue weighted by Gasteiger charge is -2.01. The van der Waals surface area contributed by atoms with E-state index in [4.69, 9.17) is 15.2 Å². The predicted octanol–water partition coefficient (Wildman–Crippen LogP) is -0.549. The molecule has 70 valence electrons. The molecule has 5 heteroatoms. The normalized spacial score (nSPS) is 10.1. The van der Waals surface area contributed by atoms with Gasteiger partial charge in [0.25, 0.3) is 0 Å². The van der Waals surface area contributed by atoms with Crippen LogP contribution in [0.2, 0.25) is 0 Å². The number of aliphatic hydroxyl groups excluding tert-OH is 1. The molecule has 0 saturated carbocycles. The lowest BCUT2D eigenvalue weighted by Crippen LogP contribution is -2.29. The van der Waals surface area contributed by atoms with Crippen LogP contribution in [0.1, 0.15) is 0 Å². The van der Waals surface area contributed by atoms with Gasteiger partial charge in [-0.15, -0.1) is 11.8 Å². The molecule has 0 fully saturated rings. The molecule has 0 bridgehead atoms. The third-order valence-corrected chi connectivity index (χ3v) is 2.53. The molecular weight excluding hydrogens is 187 g/mol. The van der Waals surface area contributed by atoms with Gasteiger partial charge in [0.15, 0.2) is 0 Å². The van der Waals surface area contributed by atoms with Crippen LogP contribution in [-0.4, -0.2) is 34.6 Å². The van der Waals surface area contributed by atoms with Crippen molar-refractivity contribution in [3.63, 3.8) is 0 Å². The zero-order chi connectivity index (χ0) is 9.68. The molecule has 0 amide bonds. The van der Waals surface area contributed by atoms with Gasteiger partial charge in [0, 0.05) is 10.6 Å². The summed E-state index contributed by atoms with van der Waals surface area (Å²) in [6.07, 6.45) is 0. The van der Waals surface area contributed by atoms with E-state index in [0.717, 1.165) is 4.90 Å². The smallest absolute Gasteiger partial charge is 0.423 e. The minimum Gasteiger partial charge on any atom is -0.423 e. The predicted molar refractivity (Wildman–Crippen MR) is 54.1 cm³/mol. The fourth-order valence-electron chi connectivity index (χ4n) is 0.900. The first-order valence-corrected chi connectivity index (χ1v) is 4.92. The third-order valence-electron chi connectivity index (χ3n) is 1.54. The molecule has 1 aromatic carbocycles. The topological polar surface area (TPSA) is 60.7 Å². The average Bonchev–Trinajstić information content (AvgIpc) is 2.15. The van der Waals surface area contributed by atoms with Crippen molar-refractivity contribution >= 4 is 24.3 Å². The Labute approximate surface area is 81.6 Å². The minimum atomic E-state index is -1.41. The number of hydrogen-bond donors (Lipinski definition) is 3. The van der Waals surface area contributed by atoms with Crippen molar-refractivity contribution in [2.75, 3.05) is 12.4 Å². The van der Waals surface area contributed by atoms with Gasteiger partial charge in [-0.05, 0) is 17.6 Å². The molecule has 0 atom stereocenters. The van der Waals surface area contributed by atoms with Gasteiger partial charge in [-0.25, -0.2) is 0 Å². The van der Waals surface area contributed by atoms with Crippen LogP contribution < -0.4 is 5.46 Å². The van der Waals surface area contributed by atoms with Crippen LogP contribution in [0.5, 0.6) is 0 Å². The van der Waals surface area contributed by atoms with Crippen molar-refractivity contribution in [1.29, 1.82) is 0 Å². The highest BCUT2D eigenvalue weighted by molar-refractivity contribution is 7.99. The van der Waals surface area contributed by atoms with Crippen LogP contribution in [0.4, 0.5) is 0 Å². The zero-order valence-electron chi connectivity index (χ0n) is 7.05. The molecule has 0 aliphatic heterocycles. The zero-order valence-corrected chi connectivity index (χ0v) is 7.87. The molecule has 13 heavy (non-hydrogen) atoms. The Hall–Kier alpha value is -0.485. The summed E-state index contributed by atoms with van der Waals surface area (Å²) in [7, 11) is -1.41. The lowest BCUT2D eigenvalue weighted by molar-refractivity contribution is 0.322. The maximum Gasteiger partial charge on any atom is 0.488 e. The van der Waals surface area contributed by atoms with Crippen molar-refractivity contribution in [3.8, 4) is 0 Å². The molecule has 0 aromatic heterocycles. The Balaban J connectivity index is 2.59. The maximum absolute atomic E-state index is 8.80. The molecule has 1 rings (SSSR count). The van der Waals surface area contributed by atoms with Gasteiger partial charge in [-0.1, -0.05) is 12.1 Å². The summed E-state index contributed by atoms with van der Waals surface area (Å²) in [4.78, 5) is 1.01. The monoisotopic (exact) mass is 198 g/mol. The van der Waals surface area contributed by atoms with Crippen molar-refractivity contribution < 1.29 is 15.2 Å². The SMILES string of the molecule is OCCSc1ccc(B(O)O)cc1. The van der Waals surface area contributed by atoms with Crippen molar-refractivity contribution in [2.24, 2.45) is 0 Å². The Morgan fingerprint density at radius 1 is 1.15 bits per heavy atom. The summed E-state index contributed by atoms with van der Waals surface area (Å²) in [5.41, 5.74) is 0.480. The second-order valence-corrected chi connectivity index (χ2v) is 3.68. The highest BCUT2D eigenvalue weighted by Gasteiger charge is 2.09. The molecular formula is C8H11BO3S. The van der Waals surface area contributed by atoms with Crippen molar-refractivity contribution in [2.45, 2.75) is 4.90 Å². The maximum atomic E-state index is 8.80. The van der Waals surface area contributed by atoms with Gasteiger partial charge in [0.1, 0.15) is 0 Å². The summed E-state index contributed by atoms with van der Waals surface area (Å²) in [6.45, 7) is 0.148. The Morgan fingerprint density at radius 2 is 1.77 bits per heavy atom. The molecule has 0 aliphatic carbocycles. The fourth-order valence-corrected chi connectivity index (χ4v) is 1.56. The van der Waals surface area contributed by atoms with E-state index < -0.39 is 7.12 Å². The van der Waals surface area contributed by atoms with Gasteiger partial charge in [0.05, 0.1) is 6.61 Å². The summed E-state index contributed by atoms with van der Waals surface area (Å²) in [5.74, 6) is 0.654. The van der Waals surface area contributed by atoms with Gasteiger partial charge in [-0.2, -0.15) is 0 Å². The van der Waals surface area contributed by atoms with E-state index in [9.17, 15) is 0 Å². The number of hydrogen-bond acceptors (Lipinski definition) is 4. The van der Waals surface area contributed by atoms with E-state index in [1.807, 2.05) is 0 Å². The first-order chi connectivity index (χ1) is 6.24. The number of benzene rings is 1. The molecule has 0 aliphatic rings. The first kappa shape index (κ1) is 10.6. The van der Waals surface area contributed by atoms with Gasteiger partial charge in [-0.3, -0.25) is 0 Å². The largest absolute Gasteiger partial charge is 0.488 e. The van der Waals surface area contributed by atoms with Gasteiger partial charge in [0.2, 0.25) is 0 Å². The van der Waals surface area contributed by atoms with Crippen LogP contribution in [0.15, 0.2) is 29.2 Å². The lowest BCUT2D eigenvalue weighted by atomic mass is 9.81. The minimum absolute atomic E-state index is 0.148. The van der Waals surface area contributed by atoms with Crippen molar-refractivity contribution in [3.05, 3.63) is 24.3 Å². The molecule has 0 unspecified atom stereocenters. The molecule has 0 saturated heterocycles. The average molecular weight is 198 g/mol. The third kappa shape index (κ3) is 3.40. The van der Waals surface area contributed by atoms with Crippen LogP contribution in [0.3, 0.4) is 0 Å². The van der Waals surface area contributed by atoms with Gasteiger partial charge < -0.3 is 15.2 Å². The highest BCUT2D eigenvalue weighted by Crippen LogP contribution is 2.15. The summed E-state index contributed by atoms with van der Waals surface area (Å²) >= 11 is 1.53. The van der Waals surface area contributed by atoms with E-state index in [2.05, 4.69) is 0 Å². The highest BCUT2D eigenvalue weighted by atomic mass is 32.2. The Morgan fingerprint density at radius 3 is 2.23 bits per heavy atom. The second kappa shape index (κ2) is 5.29. The number of aliphatic hydroxyl groups is 1. The molecule has 0 radical (unpaired) electrons. The van der Waals surface area contributed by atoms with Crippen molar-refractivity contribution in [1.82, 2.24) is 0 Å². The Bertz CT molecular complexity index is 250. The van der Waals surface area contributed by atoms with E-state index in [-0.39, 0.29) is 6.61 Å². The van der Waals surface area contributed by atoms with Crippen LogP contribution >= 0.6 is 11.8 Å². The quantitative estimate of drug-likeness (QED) is 0.448. The number of rotatable bonds is 4. The Kier molecular flexibility index (Phi) is 4.31. The summed E-state index contributed by atoms with van der Waals surface area (Å²) in [6, 6.07) is 6.92. The molecule has 3 N–H and O–H groups in total. The van der Waals surface area contributed by atoms with Gasteiger partial charge >= 0.3 is 7.12 Å². The first-order valence-electron chi connectivity index (χ1n) is 3.94. The second-order valence-electron chi connectivity index (χ2n) is 2.51. The van der Waals surface area contributed by atoms with Crippen LogP contribution in [-0.2, 0) is 0 Å². The summed E-state index contributed by atoms with van der Waals surface area (Å²) < 4.78 is 0. The van der Waals surface area contributed by atoms with E-state index in [0.29, 0.717) is 11.2 Å². The fraction of sp³-hybridized carbons (Fsp3) is 0.250. The van der Waals surface area contributed by atoms with E-state index in [1.165, 1.54) is 11.8 Å².